The van der Waals surface area contributed by atoms with E-state index < -0.39 is 46.5 Å². The van der Waals surface area contributed by atoms with Crippen molar-refractivity contribution in [3.63, 3.8) is 0 Å². The van der Waals surface area contributed by atoms with E-state index in [0.29, 0.717) is 12.8 Å². The highest BCUT2D eigenvalue weighted by atomic mass is 16.7. The van der Waals surface area contributed by atoms with Crippen LogP contribution in [0.25, 0.3) is 0 Å². The van der Waals surface area contributed by atoms with Crippen LogP contribution < -0.4 is 0 Å². The first kappa shape index (κ1) is 20.5. The third-order valence-corrected chi connectivity index (χ3v) is 4.22. The van der Waals surface area contributed by atoms with Gasteiger partial charge < -0.3 is 14.2 Å². The molecule has 0 amide bonds. The predicted molar refractivity (Wildman–Crippen MR) is 88.1 cm³/mol. The molecule has 0 aliphatic carbocycles. The van der Waals surface area contributed by atoms with Gasteiger partial charge in [0.1, 0.15) is 0 Å². The molecule has 0 aromatic rings. The Labute approximate surface area is 144 Å². The fraction of sp³-hybridized carbons (Fsp3) is 0.833. The first-order chi connectivity index (χ1) is 10.8. The van der Waals surface area contributed by atoms with E-state index in [1.807, 2.05) is 13.8 Å². The summed E-state index contributed by atoms with van der Waals surface area (Å²) in [6, 6.07) is 0. The molecule has 1 heterocycles. The van der Waals surface area contributed by atoms with Gasteiger partial charge in [-0.15, -0.1) is 0 Å². The van der Waals surface area contributed by atoms with Gasteiger partial charge in [-0.3, -0.25) is 9.59 Å². The van der Waals surface area contributed by atoms with E-state index in [4.69, 9.17) is 14.2 Å². The van der Waals surface area contributed by atoms with Gasteiger partial charge in [0, 0.05) is 0 Å². The van der Waals surface area contributed by atoms with Crippen LogP contribution in [-0.2, 0) is 28.6 Å². The van der Waals surface area contributed by atoms with E-state index in [2.05, 4.69) is 0 Å². The van der Waals surface area contributed by atoms with Crippen LogP contribution in [0.2, 0.25) is 0 Å². The van der Waals surface area contributed by atoms with Crippen LogP contribution in [0.5, 0.6) is 0 Å². The highest BCUT2D eigenvalue weighted by Crippen LogP contribution is 2.39. The third kappa shape index (κ3) is 4.08. The molecule has 1 fully saturated rings. The van der Waals surface area contributed by atoms with Crippen molar-refractivity contribution in [3.05, 3.63) is 0 Å². The Bertz CT molecular complexity index is 505. The summed E-state index contributed by atoms with van der Waals surface area (Å²) in [5.74, 6) is -1.67. The lowest BCUT2D eigenvalue weighted by Crippen LogP contribution is -2.48. The van der Waals surface area contributed by atoms with Crippen LogP contribution in [0.15, 0.2) is 0 Å². The molecule has 1 aliphatic rings. The minimum absolute atomic E-state index is 0.459. The topological polar surface area (TPSA) is 78.9 Å². The average Bonchev–Trinajstić information content (AvgIpc) is 2.70. The fourth-order valence-electron chi connectivity index (χ4n) is 2.38. The molecule has 2 atom stereocenters. The van der Waals surface area contributed by atoms with E-state index >= 15 is 0 Å². The molecule has 6 nitrogen and oxygen atoms in total. The number of hydrogen-bond acceptors (Lipinski definition) is 6. The molecular formula is C18H30O6. The second-order valence-corrected chi connectivity index (χ2v) is 8.34. The van der Waals surface area contributed by atoms with Crippen LogP contribution in [0, 0.1) is 10.8 Å². The molecular weight excluding hydrogens is 312 g/mol. The molecule has 1 saturated heterocycles. The van der Waals surface area contributed by atoms with Gasteiger partial charge in [-0.1, -0.05) is 13.8 Å². The van der Waals surface area contributed by atoms with E-state index in [-0.39, 0.29) is 0 Å². The lowest BCUT2D eigenvalue weighted by molar-refractivity contribution is -0.181. The molecule has 0 aromatic heterocycles. The molecule has 0 aromatic carbocycles. The van der Waals surface area contributed by atoms with Gasteiger partial charge >= 0.3 is 17.9 Å². The van der Waals surface area contributed by atoms with Crippen LogP contribution in [0.3, 0.4) is 0 Å². The summed E-state index contributed by atoms with van der Waals surface area (Å²) >= 11 is 0. The molecule has 6 heteroatoms. The molecule has 24 heavy (non-hydrogen) atoms. The molecule has 0 radical (unpaired) electrons. The van der Waals surface area contributed by atoms with Crippen LogP contribution in [0.4, 0.5) is 0 Å². The van der Waals surface area contributed by atoms with E-state index in [0.717, 1.165) is 0 Å². The summed E-state index contributed by atoms with van der Waals surface area (Å²) in [5, 5.41) is 0. The lowest BCUT2D eigenvalue weighted by Gasteiger charge is -2.33. The number of cyclic esters (lactones) is 1. The SMILES string of the molecule is CCC1(CC)OC(=O)[C@H](OC(=O)C(C)(C)C)[C@H]1OC(=O)C(C)(C)C. The van der Waals surface area contributed by atoms with Crippen molar-refractivity contribution in [1.29, 1.82) is 0 Å². The van der Waals surface area contributed by atoms with Gasteiger partial charge in [0.05, 0.1) is 10.8 Å². The highest BCUT2D eigenvalue weighted by Gasteiger charge is 2.59. The zero-order valence-electron chi connectivity index (χ0n) is 16.0. The second-order valence-electron chi connectivity index (χ2n) is 8.34. The quantitative estimate of drug-likeness (QED) is 0.577. The van der Waals surface area contributed by atoms with Gasteiger partial charge in [-0.2, -0.15) is 0 Å². The number of hydrogen-bond donors (Lipinski definition) is 0. The van der Waals surface area contributed by atoms with Crippen LogP contribution in [0.1, 0.15) is 68.2 Å². The third-order valence-electron chi connectivity index (χ3n) is 4.22. The predicted octanol–water partition coefficient (Wildman–Crippen LogP) is 3.02. The van der Waals surface area contributed by atoms with Crippen LogP contribution in [-0.4, -0.2) is 35.7 Å². The smallest absolute Gasteiger partial charge is 0.352 e. The minimum atomic E-state index is -1.23. The molecule has 0 bridgehead atoms. The first-order valence-corrected chi connectivity index (χ1v) is 8.43. The normalized spacial score (nSPS) is 23.6. The van der Waals surface area contributed by atoms with Gasteiger partial charge in [0.2, 0.25) is 6.10 Å². The molecule has 0 N–H and O–H groups in total. The van der Waals surface area contributed by atoms with Crippen molar-refractivity contribution in [3.8, 4) is 0 Å². The molecule has 0 spiro atoms. The largest absolute Gasteiger partial charge is 0.453 e. The summed E-state index contributed by atoms with van der Waals surface area (Å²) < 4.78 is 16.5. The zero-order chi connectivity index (χ0) is 18.9. The Morgan fingerprint density at radius 3 is 1.75 bits per heavy atom. The number of carbonyl (C=O) groups is 3. The number of carbonyl (C=O) groups excluding carboxylic acids is 3. The van der Waals surface area contributed by atoms with Crippen molar-refractivity contribution in [2.75, 3.05) is 0 Å². The zero-order valence-corrected chi connectivity index (χ0v) is 16.0. The number of ether oxygens (including phenoxy) is 3. The van der Waals surface area contributed by atoms with Crippen molar-refractivity contribution >= 4 is 17.9 Å². The van der Waals surface area contributed by atoms with Crippen molar-refractivity contribution in [2.45, 2.75) is 86.0 Å². The average molecular weight is 342 g/mol. The van der Waals surface area contributed by atoms with Gasteiger partial charge in [0.25, 0.3) is 0 Å². The first-order valence-electron chi connectivity index (χ1n) is 8.43. The molecule has 0 unspecified atom stereocenters. The highest BCUT2D eigenvalue weighted by molar-refractivity contribution is 5.85. The molecule has 1 rings (SSSR count). The fourth-order valence-corrected chi connectivity index (χ4v) is 2.38. The maximum absolute atomic E-state index is 12.3. The van der Waals surface area contributed by atoms with Gasteiger partial charge in [-0.25, -0.2) is 4.79 Å². The molecule has 0 saturated carbocycles. The van der Waals surface area contributed by atoms with E-state index in [1.165, 1.54) is 0 Å². The van der Waals surface area contributed by atoms with E-state index in [9.17, 15) is 14.4 Å². The van der Waals surface area contributed by atoms with Crippen molar-refractivity contribution < 1.29 is 28.6 Å². The van der Waals surface area contributed by atoms with Crippen molar-refractivity contribution in [2.24, 2.45) is 10.8 Å². The molecule has 1 aliphatic heterocycles. The summed E-state index contributed by atoms with van der Waals surface area (Å²) in [4.78, 5) is 36.9. The van der Waals surface area contributed by atoms with Crippen LogP contribution >= 0.6 is 0 Å². The monoisotopic (exact) mass is 342 g/mol. The maximum atomic E-state index is 12.3. The second kappa shape index (κ2) is 6.73. The number of rotatable bonds is 4. The lowest BCUT2D eigenvalue weighted by atomic mass is 9.88. The van der Waals surface area contributed by atoms with Gasteiger partial charge in [-0.05, 0) is 54.4 Å². The van der Waals surface area contributed by atoms with Gasteiger partial charge in [0.15, 0.2) is 11.7 Å². The standard InChI is InChI=1S/C18H30O6/c1-9-18(10-2)12(23-15(21)17(6,7)8)11(13(19)24-18)22-14(20)16(3,4)5/h11-12H,9-10H2,1-8H3/t11-,12-/m1/s1. The summed E-state index contributed by atoms with van der Waals surface area (Å²) in [5.41, 5.74) is -2.49. The van der Waals surface area contributed by atoms with Crippen molar-refractivity contribution in [1.82, 2.24) is 0 Å². The maximum Gasteiger partial charge on any atom is 0.352 e. The minimum Gasteiger partial charge on any atom is -0.453 e. The Morgan fingerprint density at radius 1 is 0.958 bits per heavy atom. The number of esters is 3. The Hall–Kier alpha value is -1.59. The Morgan fingerprint density at radius 2 is 1.38 bits per heavy atom. The Kier molecular flexibility index (Phi) is 5.73. The summed E-state index contributed by atoms with van der Waals surface area (Å²) in [7, 11) is 0. The molecule has 138 valence electrons. The summed E-state index contributed by atoms with van der Waals surface area (Å²) in [6.07, 6.45) is -1.26. The Balaban J connectivity index is 3.17. The summed E-state index contributed by atoms with van der Waals surface area (Å²) in [6.45, 7) is 14.0. The van der Waals surface area contributed by atoms with E-state index in [1.54, 1.807) is 41.5 Å².